The van der Waals surface area contributed by atoms with E-state index < -0.39 is 0 Å². The van der Waals surface area contributed by atoms with E-state index >= 15 is 0 Å². The van der Waals surface area contributed by atoms with Gasteiger partial charge in [-0.15, -0.1) is 0 Å². The van der Waals surface area contributed by atoms with Crippen molar-refractivity contribution in [1.82, 2.24) is 5.32 Å². The fourth-order valence-electron chi connectivity index (χ4n) is 2.96. The number of carbonyl (C=O) groups is 1. The molecule has 0 radical (unpaired) electrons. The molecule has 0 saturated heterocycles. The fourth-order valence-corrected chi connectivity index (χ4v) is 3.22. The van der Waals surface area contributed by atoms with Gasteiger partial charge in [-0.3, -0.25) is 4.79 Å². The minimum Gasteiger partial charge on any atom is -0.488 e. The first-order valence-corrected chi connectivity index (χ1v) is 9.12. The summed E-state index contributed by atoms with van der Waals surface area (Å²) in [6.07, 6.45) is -0.335. The van der Waals surface area contributed by atoms with Gasteiger partial charge in [0, 0.05) is 15.7 Å². The van der Waals surface area contributed by atoms with E-state index in [1.54, 1.807) is 0 Å². The quantitative estimate of drug-likeness (QED) is 0.646. The highest BCUT2D eigenvalue weighted by molar-refractivity contribution is 9.10. The maximum atomic E-state index is 12.4. The molecule has 0 fully saturated rings. The fraction of sp³-hybridized carbons (Fsp3) is 0.0952. The number of ether oxygens (including phenoxy) is 1. The minimum absolute atomic E-state index is 0.0907. The Kier molecular flexibility index (Phi) is 4.63. The number of halogens is 1. The molecule has 4 nitrogen and oxygen atoms in total. The third-order valence-corrected chi connectivity index (χ3v) is 4.81. The van der Waals surface area contributed by atoms with Crippen LogP contribution in [0.5, 0.6) is 5.75 Å². The van der Waals surface area contributed by atoms with E-state index in [2.05, 4.69) is 26.6 Å². The number of fused-ring (bicyclic) bond motifs is 1. The Morgan fingerprint density at radius 2 is 1.62 bits per heavy atom. The number of carbonyl (C=O) groups excluding carboxylic acids is 1. The largest absolute Gasteiger partial charge is 0.488 e. The van der Waals surface area contributed by atoms with Crippen LogP contribution in [0.15, 0.2) is 77.3 Å². The molecule has 0 aliphatic carbocycles. The maximum absolute atomic E-state index is 12.4. The van der Waals surface area contributed by atoms with Crippen molar-refractivity contribution in [2.24, 2.45) is 0 Å². The highest BCUT2D eigenvalue weighted by atomic mass is 79.9. The van der Waals surface area contributed by atoms with Gasteiger partial charge in [-0.25, -0.2) is 0 Å². The number of benzene rings is 3. The first-order chi connectivity index (χ1) is 12.7. The predicted molar refractivity (Wildman–Crippen MR) is 105 cm³/mol. The second-order valence-electron chi connectivity index (χ2n) is 6.05. The molecule has 2 N–H and O–H groups in total. The molecule has 3 aromatic carbocycles. The molecule has 1 amide bonds. The molecule has 1 atom stereocenters. The van der Waals surface area contributed by atoms with Gasteiger partial charge in [0.1, 0.15) is 18.5 Å². The maximum Gasteiger partial charge on any atom is 0.255 e. The number of anilines is 1. The van der Waals surface area contributed by atoms with Gasteiger partial charge in [0.05, 0.1) is 5.56 Å². The molecule has 5 heteroatoms. The van der Waals surface area contributed by atoms with E-state index in [0.29, 0.717) is 12.2 Å². The molecule has 0 spiro atoms. The van der Waals surface area contributed by atoms with E-state index in [4.69, 9.17) is 4.74 Å². The second-order valence-corrected chi connectivity index (χ2v) is 6.97. The molecular formula is C21H17BrN2O2. The summed E-state index contributed by atoms with van der Waals surface area (Å²) in [6.45, 7) is 0.460. The van der Waals surface area contributed by atoms with Gasteiger partial charge in [-0.05, 0) is 35.9 Å². The molecule has 1 aliphatic rings. The lowest BCUT2D eigenvalue weighted by molar-refractivity contribution is 0.0935. The summed E-state index contributed by atoms with van der Waals surface area (Å²) >= 11 is 3.43. The number of hydrogen-bond acceptors (Lipinski definition) is 3. The monoisotopic (exact) mass is 408 g/mol. The molecule has 1 heterocycles. The SMILES string of the molecule is O=C1NC(c2ccccc2OCc2ccc(Br)cc2)Nc2ccccc21. The van der Waals surface area contributed by atoms with Gasteiger partial charge in [0.2, 0.25) is 0 Å². The van der Waals surface area contributed by atoms with Crippen LogP contribution in [0.25, 0.3) is 0 Å². The van der Waals surface area contributed by atoms with Gasteiger partial charge in [-0.1, -0.05) is 58.4 Å². The first kappa shape index (κ1) is 16.7. The topological polar surface area (TPSA) is 50.4 Å². The van der Waals surface area contributed by atoms with Crippen LogP contribution in [0.4, 0.5) is 5.69 Å². The summed E-state index contributed by atoms with van der Waals surface area (Å²) in [5.41, 5.74) is 3.45. The summed E-state index contributed by atoms with van der Waals surface area (Å²) in [4.78, 5) is 12.4. The lowest BCUT2D eigenvalue weighted by Gasteiger charge is -2.29. The molecule has 26 heavy (non-hydrogen) atoms. The van der Waals surface area contributed by atoms with Crippen LogP contribution in [0.3, 0.4) is 0 Å². The Balaban J connectivity index is 1.56. The van der Waals surface area contributed by atoms with Crippen LogP contribution in [0.1, 0.15) is 27.7 Å². The molecule has 4 rings (SSSR count). The summed E-state index contributed by atoms with van der Waals surface area (Å²) in [5, 5.41) is 6.37. The number of hydrogen-bond donors (Lipinski definition) is 2. The van der Waals surface area contributed by atoms with Gasteiger partial charge in [0.25, 0.3) is 5.91 Å². The zero-order chi connectivity index (χ0) is 17.9. The van der Waals surface area contributed by atoms with Gasteiger partial charge < -0.3 is 15.4 Å². The molecule has 0 saturated carbocycles. The lowest BCUT2D eigenvalue weighted by atomic mass is 10.1. The molecule has 1 aliphatic heterocycles. The summed E-state index contributed by atoms with van der Waals surface area (Å²) in [5.74, 6) is 0.652. The predicted octanol–water partition coefficient (Wildman–Crippen LogP) is 4.88. The molecular weight excluding hydrogens is 392 g/mol. The number of nitrogens with one attached hydrogen (secondary N) is 2. The van der Waals surface area contributed by atoms with Crippen LogP contribution < -0.4 is 15.4 Å². The van der Waals surface area contributed by atoms with Crippen LogP contribution in [0.2, 0.25) is 0 Å². The van der Waals surface area contributed by atoms with Crippen molar-refractivity contribution in [1.29, 1.82) is 0 Å². The number of amides is 1. The molecule has 1 unspecified atom stereocenters. The van der Waals surface area contributed by atoms with Crippen molar-refractivity contribution in [2.75, 3.05) is 5.32 Å². The number of para-hydroxylation sites is 2. The Labute approximate surface area is 160 Å². The highest BCUT2D eigenvalue weighted by Gasteiger charge is 2.26. The zero-order valence-corrected chi connectivity index (χ0v) is 15.5. The van der Waals surface area contributed by atoms with Crippen molar-refractivity contribution in [3.63, 3.8) is 0 Å². The lowest BCUT2D eigenvalue weighted by Crippen LogP contribution is -2.38. The molecule has 130 valence electrons. The van der Waals surface area contributed by atoms with E-state index in [-0.39, 0.29) is 12.1 Å². The van der Waals surface area contributed by atoms with Crippen molar-refractivity contribution in [3.05, 3.63) is 94.0 Å². The summed E-state index contributed by atoms with van der Waals surface area (Å²) in [6, 6.07) is 23.3. The van der Waals surface area contributed by atoms with E-state index in [1.165, 1.54) is 0 Å². The van der Waals surface area contributed by atoms with Crippen LogP contribution >= 0.6 is 15.9 Å². The highest BCUT2D eigenvalue weighted by Crippen LogP contribution is 2.31. The van der Waals surface area contributed by atoms with Crippen molar-refractivity contribution >= 4 is 27.5 Å². The standard InChI is InChI=1S/C21H17BrN2O2/c22-15-11-9-14(10-12-15)13-26-19-8-4-2-6-17(19)20-23-18-7-3-1-5-16(18)21(25)24-20/h1-12,20,23H,13H2,(H,24,25). The minimum atomic E-state index is -0.335. The molecule has 3 aromatic rings. The van der Waals surface area contributed by atoms with E-state index in [1.807, 2.05) is 72.8 Å². The Hall–Kier alpha value is -2.79. The van der Waals surface area contributed by atoms with Crippen LogP contribution in [-0.4, -0.2) is 5.91 Å². The third kappa shape index (κ3) is 3.44. The van der Waals surface area contributed by atoms with Crippen LogP contribution in [0, 0.1) is 0 Å². The average molecular weight is 409 g/mol. The van der Waals surface area contributed by atoms with Crippen molar-refractivity contribution in [3.8, 4) is 5.75 Å². The van der Waals surface area contributed by atoms with Crippen molar-refractivity contribution in [2.45, 2.75) is 12.8 Å². The molecule has 0 bridgehead atoms. The third-order valence-electron chi connectivity index (χ3n) is 4.28. The van der Waals surface area contributed by atoms with E-state index in [9.17, 15) is 4.79 Å². The first-order valence-electron chi connectivity index (χ1n) is 8.33. The zero-order valence-electron chi connectivity index (χ0n) is 13.9. The van der Waals surface area contributed by atoms with Crippen molar-refractivity contribution < 1.29 is 9.53 Å². The Morgan fingerprint density at radius 1 is 0.885 bits per heavy atom. The van der Waals surface area contributed by atoms with E-state index in [0.717, 1.165) is 27.0 Å². The second kappa shape index (κ2) is 7.22. The molecule has 0 aromatic heterocycles. The number of rotatable bonds is 4. The summed E-state index contributed by atoms with van der Waals surface area (Å²) < 4.78 is 7.07. The van der Waals surface area contributed by atoms with Gasteiger partial charge in [0.15, 0.2) is 0 Å². The smallest absolute Gasteiger partial charge is 0.255 e. The Morgan fingerprint density at radius 3 is 2.46 bits per heavy atom. The van der Waals surface area contributed by atoms with Gasteiger partial charge >= 0.3 is 0 Å². The summed E-state index contributed by atoms with van der Waals surface area (Å²) in [7, 11) is 0. The normalized spacial score (nSPS) is 15.6. The van der Waals surface area contributed by atoms with Crippen LogP contribution in [-0.2, 0) is 6.61 Å². The average Bonchev–Trinajstić information content (AvgIpc) is 2.68. The Bertz CT molecular complexity index is 941. The van der Waals surface area contributed by atoms with Gasteiger partial charge in [-0.2, -0.15) is 0 Å².